The highest BCUT2D eigenvalue weighted by molar-refractivity contribution is 4.70. The molecule has 3 heteroatoms. The Balaban J connectivity index is 1.79. The zero-order valence-electron chi connectivity index (χ0n) is 10.1. The number of rotatable bonds is 8. The monoisotopic (exact) mass is 214 g/mol. The van der Waals surface area contributed by atoms with E-state index in [1.54, 1.807) is 0 Å². The Labute approximate surface area is 94.0 Å². The van der Waals surface area contributed by atoms with Crippen LogP contribution in [0.3, 0.4) is 0 Å². The molecule has 0 saturated carbocycles. The summed E-state index contributed by atoms with van der Waals surface area (Å²) < 4.78 is 5.49. The van der Waals surface area contributed by atoms with E-state index in [-0.39, 0.29) is 0 Å². The molecular formula is C12H26N2O. The molecule has 1 unspecified atom stereocenters. The Morgan fingerprint density at radius 2 is 2.33 bits per heavy atom. The van der Waals surface area contributed by atoms with Gasteiger partial charge in [-0.1, -0.05) is 13.3 Å². The average molecular weight is 214 g/mol. The number of ether oxygens (including phenoxy) is 1. The highest BCUT2D eigenvalue weighted by atomic mass is 16.5. The van der Waals surface area contributed by atoms with Crippen molar-refractivity contribution >= 4 is 0 Å². The summed E-state index contributed by atoms with van der Waals surface area (Å²) in [5.41, 5.74) is 0. The maximum Gasteiger partial charge on any atom is 0.0590 e. The first-order valence-corrected chi connectivity index (χ1v) is 6.42. The third-order valence-electron chi connectivity index (χ3n) is 2.90. The third kappa shape index (κ3) is 6.88. The van der Waals surface area contributed by atoms with E-state index >= 15 is 0 Å². The molecule has 2 N–H and O–H groups in total. The molecule has 1 saturated heterocycles. The summed E-state index contributed by atoms with van der Waals surface area (Å²) in [4.78, 5) is 0. The zero-order valence-corrected chi connectivity index (χ0v) is 10.1. The minimum atomic E-state index is 0.828. The van der Waals surface area contributed by atoms with Gasteiger partial charge >= 0.3 is 0 Å². The molecule has 0 amide bonds. The highest BCUT2D eigenvalue weighted by Gasteiger charge is 2.11. The molecule has 1 heterocycles. The van der Waals surface area contributed by atoms with Gasteiger partial charge in [0.2, 0.25) is 0 Å². The lowest BCUT2D eigenvalue weighted by molar-refractivity contribution is 0.132. The van der Waals surface area contributed by atoms with Crippen molar-refractivity contribution in [2.45, 2.75) is 32.6 Å². The zero-order chi connectivity index (χ0) is 10.8. The first-order chi connectivity index (χ1) is 7.43. The van der Waals surface area contributed by atoms with Crippen LogP contribution in [-0.4, -0.2) is 39.4 Å². The maximum atomic E-state index is 5.49. The molecule has 0 spiro atoms. The van der Waals surface area contributed by atoms with E-state index in [0.717, 1.165) is 32.2 Å². The summed E-state index contributed by atoms with van der Waals surface area (Å²) in [5.74, 6) is 0.828. The molecule has 15 heavy (non-hydrogen) atoms. The van der Waals surface area contributed by atoms with Crippen molar-refractivity contribution in [3.8, 4) is 0 Å². The summed E-state index contributed by atoms with van der Waals surface area (Å²) in [6.07, 6.45) is 5.11. The summed E-state index contributed by atoms with van der Waals surface area (Å²) in [7, 11) is 0. The molecule has 90 valence electrons. The molecule has 1 atom stereocenters. The minimum absolute atomic E-state index is 0.828. The molecule has 1 aliphatic heterocycles. The normalized spacial score (nSPS) is 21.8. The number of unbranched alkanes of at least 4 members (excludes halogenated alkanes) is 1. The summed E-state index contributed by atoms with van der Waals surface area (Å²) in [6, 6.07) is 0. The maximum absolute atomic E-state index is 5.49. The van der Waals surface area contributed by atoms with E-state index in [2.05, 4.69) is 17.6 Å². The standard InChI is InChI=1S/C12H26N2O/c1-2-3-8-15-9-7-14-11-12-5-4-6-13-10-12/h12-14H,2-11H2,1H3. The molecule has 1 fully saturated rings. The van der Waals surface area contributed by atoms with Gasteiger partial charge in [-0.15, -0.1) is 0 Å². The number of hydrogen-bond acceptors (Lipinski definition) is 3. The van der Waals surface area contributed by atoms with Crippen LogP contribution in [0.5, 0.6) is 0 Å². The van der Waals surface area contributed by atoms with Crippen molar-refractivity contribution in [2.24, 2.45) is 5.92 Å². The molecule has 0 aromatic carbocycles. The number of hydrogen-bond donors (Lipinski definition) is 2. The van der Waals surface area contributed by atoms with Crippen LogP contribution in [0.2, 0.25) is 0 Å². The molecule has 0 radical (unpaired) electrons. The summed E-state index contributed by atoms with van der Waals surface area (Å²) in [6.45, 7) is 8.51. The lowest BCUT2D eigenvalue weighted by atomic mass is 10.00. The summed E-state index contributed by atoms with van der Waals surface area (Å²) >= 11 is 0. The van der Waals surface area contributed by atoms with Gasteiger partial charge in [-0.25, -0.2) is 0 Å². The van der Waals surface area contributed by atoms with Gasteiger partial charge in [-0.05, 0) is 44.8 Å². The van der Waals surface area contributed by atoms with Crippen molar-refractivity contribution in [1.29, 1.82) is 0 Å². The fourth-order valence-electron chi connectivity index (χ4n) is 1.90. The van der Waals surface area contributed by atoms with Gasteiger partial charge in [0.25, 0.3) is 0 Å². The Bertz CT molecular complexity index is 136. The second-order valence-corrected chi connectivity index (χ2v) is 4.38. The van der Waals surface area contributed by atoms with Crippen LogP contribution in [0.15, 0.2) is 0 Å². The van der Waals surface area contributed by atoms with Crippen molar-refractivity contribution in [1.82, 2.24) is 10.6 Å². The topological polar surface area (TPSA) is 33.3 Å². The molecule has 0 bridgehead atoms. The van der Waals surface area contributed by atoms with Crippen molar-refractivity contribution < 1.29 is 4.74 Å². The van der Waals surface area contributed by atoms with Crippen molar-refractivity contribution in [2.75, 3.05) is 39.4 Å². The van der Waals surface area contributed by atoms with Crippen LogP contribution in [0.4, 0.5) is 0 Å². The van der Waals surface area contributed by atoms with E-state index in [4.69, 9.17) is 4.74 Å². The smallest absolute Gasteiger partial charge is 0.0590 e. The van der Waals surface area contributed by atoms with Crippen LogP contribution in [0.1, 0.15) is 32.6 Å². The largest absolute Gasteiger partial charge is 0.380 e. The van der Waals surface area contributed by atoms with Gasteiger partial charge in [-0.3, -0.25) is 0 Å². The predicted molar refractivity (Wildman–Crippen MR) is 64.2 cm³/mol. The van der Waals surface area contributed by atoms with Crippen LogP contribution >= 0.6 is 0 Å². The molecule has 0 aliphatic carbocycles. The van der Waals surface area contributed by atoms with Crippen LogP contribution in [0, 0.1) is 5.92 Å². The van der Waals surface area contributed by atoms with Crippen molar-refractivity contribution in [3.05, 3.63) is 0 Å². The first kappa shape index (κ1) is 12.9. The highest BCUT2D eigenvalue weighted by Crippen LogP contribution is 2.07. The average Bonchev–Trinajstić information content (AvgIpc) is 2.29. The fourth-order valence-corrected chi connectivity index (χ4v) is 1.90. The second-order valence-electron chi connectivity index (χ2n) is 4.38. The quantitative estimate of drug-likeness (QED) is 0.599. The Kier molecular flexibility index (Phi) is 7.88. The minimum Gasteiger partial charge on any atom is -0.380 e. The predicted octanol–water partition coefficient (Wildman–Crippen LogP) is 1.39. The molecule has 0 aromatic heterocycles. The SMILES string of the molecule is CCCCOCCNCC1CCCNC1. The van der Waals surface area contributed by atoms with Gasteiger partial charge in [0.05, 0.1) is 6.61 Å². The van der Waals surface area contributed by atoms with E-state index in [9.17, 15) is 0 Å². The van der Waals surface area contributed by atoms with Crippen LogP contribution in [0.25, 0.3) is 0 Å². The van der Waals surface area contributed by atoms with E-state index in [0.29, 0.717) is 0 Å². The van der Waals surface area contributed by atoms with E-state index in [1.165, 1.54) is 38.8 Å². The fraction of sp³-hybridized carbons (Fsp3) is 1.00. The Hall–Kier alpha value is -0.120. The van der Waals surface area contributed by atoms with E-state index < -0.39 is 0 Å². The van der Waals surface area contributed by atoms with Crippen molar-refractivity contribution in [3.63, 3.8) is 0 Å². The van der Waals surface area contributed by atoms with Gasteiger partial charge in [0.1, 0.15) is 0 Å². The Morgan fingerprint density at radius 3 is 3.07 bits per heavy atom. The molecule has 0 aromatic rings. The number of piperidine rings is 1. The molecule has 1 rings (SSSR count). The van der Waals surface area contributed by atoms with Gasteiger partial charge in [0.15, 0.2) is 0 Å². The number of nitrogens with one attached hydrogen (secondary N) is 2. The van der Waals surface area contributed by atoms with Gasteiger partial charge < -0.3 is 15.4 Å². The first-order valence-electron chi connectivity index (χ1n) is 6.42. The Morgan fingerprint density at radius 1 is 1.40 bits per heavy atom. The van der Waals surface area contributed by atoms with Crippen LogP contribution < -0.4 is 10.6 Å². The summed E-state index contributed by atoms with van der Waals surface area (Å²) in [5, 5.41) is 6.90. The molecule has 3 nitrogen and oxygen atoms in total. The molecule has 1 aliphatic rings. The lowest BCUT2D eigenvalue weighted by Crippen LogP contribution is -2.36. The second kappa shape index (κ2) is 9.13. The van der Waals surface area contributed by atoms with Gasteiger partial charge in [0, 0.05) is 13.2 Å². The third-order valence-corrected chi connectivity index (χ3v) is 2.90. The van der Waals surface area contributed by atoms with Crippen LogP contribution in [-0.2, 0) is 4.74 Å². The van der Waals surface area contributed by atoms with E-state index in [1.807, 2.05) is 0 Å². The molecular weight excluding hydrogens is 188 g/mol. The van der Waals surface area contributed by atoms with Gasteiger partial charge in [-0.2, -0.15) is 0 Å². The lowest BCUT2D eigenvalue weighted by Gasteiger charge is -2.22.